The standard InChI is InChI=1S/C16H16ClNO2/c1-11-4-3-5-12(8-11)10-18-16(19)13-6-7-15(20-2)14(17)9-13/h3-9H,10H2,1-2H3,(H,18,19). The Balaban J connectivity index is 2.03. The van der Waals surface area contributed by atoms with Crippen molar-refractivity contribution in [3.63, 3.8) is 0 Å². The third-order valence-corrected chi connectivity index (χ3v) is 3.24. The van der Waals surface area contributed by atoms with Crippen LogP contribution in [-0.2, 0) is 6.54 Å². The van der Waals surface area contributed by atoms with Crippen LogP contribution < -0.4 is 10.1 Å². The number of nitrogens with one attached hydrogen (secondary N) is 1. The third kappa shape index (κ3) is 3.52. The SMILES string of the molecule is COc1ccc(C(=O)NCc2cccc(C)c2)cc1Cl. The molecule has 0 aliphatic carbocycles. The summed E-state index contributed by atoms with van der Waals surface area (Å²) in [6, 6.07) is 13.0. The van der Waals surface area contributed by atoms with E-state index in [1.165, 1.54) is 5.56 Å². The molecule has 0 aromatic heterocycles. The average Bonchev–Trinajstić information content (AvgIpc) is 2.44. The summed E-state index contributed by atoms with van der Waals surface area (Å²) in [4.78, 5) is 12.0. The molecule has 0 aliphatic heterocycles. The first-order chi connectivity index (χ1) is 9.60. The van der Waals surface area contributed by atoms with E-state index in [0.717, 1.165) is 5.56 Å². The Hall–Kier alpha value is -2.00. The van der Waals surface area contributed by atoms with Gasteiger partial charge < -0.3 is 10.1 Å². The second kappa shape index (κ2) is 6.44. The molecule has 1 amide bonds. The van der Waals surface area contributed by atoms with Crippen molar-refractivity contribution in [2.75, 3.05) is 7.11 Å². The molecule has 0 fully saturated rings. The van der Waals surface area contributed by atoms with Gasteiger partial charge in [-0.3, -0.25) is 4.79 Å². The first-order valence-corrected chi connectivity index (χ1v) is 6.65. The van der Waals surface area contributed by atoms with E-state index < -0.39 is 0 Å². The average molecular weight is 290 g/mol. The summed E-state index contributed by atoms with van der Waals surface area (Å²) in [5.41, 5.74) is 2.76. The quantitative estimate of drug-likeness (QED) is 0.934. The minimum Gasteiger partial charge on any atom is -0.495 e. The Bertz CT molecular complexity index is 626. The van der Waals surface area contributed by atoms with Crippen molar-refractivity contribution >= 4 is 17.5 Å². The predicted molar refractivity (Wildman–Crippen MR) is 80.4 cm³/mol. The molecule has 104 valence electrons. The van der Waals surface area contributed by atoms with Crippen LogP contribution in [0.1, 0.15) is 21.5 Å². The van der Waals surface area contributed by atoms with Crippen molar-refractivity contribution < 1.29 is 9.53 Å². The smallest absolute Gasteiger partial charge is 0.251 e. The Morgan fingerprint density at radius 1 is 1.25 bits per heavy atom. The molecule has 1 N–H and O–H groups in total. The van der Waals surface area contributed by atoms with Crippen LogP contribution in [0.25, 0.3) is 0 Å². The van der Waals surface area contributed by atoms with Gasteiger partial charge >= 0.3 is 0 Å². The van der Waals surface area contributed by atoms with Crippen LogP contribution in [0.4, 0.5) is 0 Å². The Morgan fingerprint density at radius 3 is 2.70 bits per heavy atom. The summed E-state index contributed by atoms with van der Waals surface area (Å²) < 4.78 is 5.06. The Labute approximate surface area is 123 Å². The van der Waals surface area contributed by atoms with E-state index in [0.29, 0.717) is 22.9 Å². The van der Waals surface area contributed by atoms with Gasteiger partial charge in [0.05, 0.1) is 12.1 Å². The number of aryl methyl sites for hydroxylation is 1. The minimum atomic E-state index is -0.156. The summed E-state index contributed by atoms with van der Waals surface area (Å²) in [6.45, 7) is 2.51. The maximum absolute atomic E-state index is 12.0. The number of rotatable bonds is 4. The first kappa shape index (κ1) is 14.4. The van der Waals surface area contributed by atoms with Gasteiger partial charge in [-0.25, -0.2) is 0 Å². The molecular weight excluding hydrogens is 274 g/mol. The number of benzene rings is 2. The fourth-order valence-corrected chi connectivity index (χ4v) is 2.17. The fourth-order valence-electron chi connectivity index (χ4n) is 1.91. The second-order valence-electron chi connectivity index (χ2n) is 4.52. The number of ether oxygens (including phenoxy) is 1. The molecule has 0 atom stereocenters. The topological polar surface area (TPSA) is 38.3 Å². The van der Waals surface area contributed by atoms with Crippen molar-refractivity contribution in [2.45, 2.75) is 13.5 Å². The van der Waals surface area contributed by atoms with E-state index in [9.17, 15) is 4.79 Å². The molecule has 2 aromatic rings. The van der Waals surface area contributed by atoms with Crippen LogP contribution in [0.2, 0.25) is 5.02 Å². The molecule has 20 heavy (non-hydrogen) atoms. The van der Waals surface area contributed by atoms with Crippen molar-refractivity contribution in [3.8, 4) is 5.75 Å². The van der Waals surface area contributed by atoms with E-state index in [1.807, 2.05) is 31.2 Å². The lowest BCUT2D eigenvalue weighted by Gasteiger charge is -2.08. The van der Waals surface area contributed by atoms with Crippen molar-refractivity contribution in [2.24, 2.45) is 0 Å². The molecule has 4 heteroatoms. The van der Waals surface area contributed by atoms with Gasteiger partial charge in [-0.05, 0) is 30.7 Å². The maximum atomic E-state index is 12.0. The summed E-state index contributed by atoms with van der Waals surface area (Å²) in [7, 11) is 1.54. The molecule has 0 bridgehead atoms. The molecular formula is C16H16ClNO2. The number of carbonyl (C=O) groups is 1. The number of carbonyl (C=O) groups excluding carboxylic acids is 1. The maximum Gasteiger partial charge on any atom is 0.251 e. The lowest BCUT2D eigenvalue weighted by atomic mass is 10.1. The van der Waals surface area contributed by atoms with Gasteiger partial charge in [0.2, 0.25) is 0 Å². The predicted octanol–water partition coefficient (Wildman–Crippen LogP) is 3.59. The van der Waals surface area contributed by atoms with Crippen LogP contribution in [0.3, 0.4) is 0 Å². The van der Waals surface area contributed by atoms with Gasteiger partial charge in [0.15, 0.2) is 0 Å². The van der Waals surface area contributed by atoms with Crippen LogP contribution in [-0.4, -0.2) is 13.0 Å². The Kier molecular flexibility index (Phi) is 4.64. The zero-order chi connectivity index (χ0) is 14.5. The molecule has 0 saturated heterocycles. The highest BCUT2D eigenvalue weighted by atomic mass is 35.5. The highest BCUT2D eigenvalue weighted by Crippen LogP contribution is 2.24. The molecule has 0 radical (unpaired) electrons. The summed E-state index contributed by atoms with van der Waals surface area (Å²) >= 11 is 6.01. The number of amides is 1. The summed E-state index contributed by atoms with van der Waals surface area (Å²) in [5.74, 6) is 0.401. The number of hydrogen-bond donors (Lipinski definition) is 1. The van der Waals surface area contributed by atoms with E-state index in [1.54, 1.807) is 25.3 Å². The number of hydrogen-bond acceptors (Lipinski definition) is 2. The van der Waals surface area contributed by atoms with Crippen molar-refractivity contribution in [1.82, 2.24) is 5.32 Å². The van der Waals surface area contributed by atoms with Crippen LogP contribution in [0.15, 0.2) is 42.5 Å². The number of methoxy groups -OCH3 is 1. The van der Waals surface area contributed by atoms with Gasteiger partial charge in [-0.2, -0.15) is 0 Å². The van der Waals surface area contributed by atoms with Gasteiger partial charge in [0.1, 0.15) is 5.75 Å². The number of halogens is 1. The second-order valence-corrected chi connectivity index (χ2v) is 4.93. The minimum absolute atomic E-state index is 0.156. The van der Waals surface area contributed by atoms with Gasteiger partial charge in [0, 0.05) is 12.1 Å². The molecule has 0 aliphatic rings. The normalized spacial score (nSPS) is 10.2. The summed E-state index contributed by atoms with van der Waals surface area (Å²) in [5, 5.41) is 3.30. The molecule has 0 spiro atoms. The van der Waals surface area contributed by atoms with Crippen molar-refractivity contribution in [3.05, 3.63) is 64.2 Å². The van der Waals surface area contributed by atoms with Gasteiger partial charge in [0.25, 0.3) is 5.91 Å². The molecule has 2 aromatic carbocycles. The highest BCUT2D eigenvalue weighted by Gasteiger charge is 2.08. The fraction of sp³-hybridized carbons (Fsp3) is 0.188. The van der Waals surface area contributed by atoms with Gasteiger partial charge in [-0.15, -0.1) is 0 Å². The van der Waals surface area contributed by atoms with Crippen LogP contribution >= 0.6 is 11.6 Å². The molecule has 3 nitrogen and oxygen atoms in total. The van der Waals surface area contributed by atoms with E-state index in [-0.39, 0.29) is 5.91 Å². The Morgan fingerprint density at radius 2 is 2.05 bits per heavy atom. The van der Waals surface area contributed by atoms with E-state index in [4.69, 9.17) is 16.3 Å². The monoisotopic (exact) mass is 289 g/mol. The van der Waals surface area contributed by atoms with Gasteiger partial charge in [-0.1, -0.05) is 41.4 Å². The third-order valence-electron chi connectivity index (χ3n) is 2.95. The van der Waals surface area contributed by atoms with Crippen molar-refractivity contribution in [1.29, 1.82) is 0 Å². The molecule has 2 rings (SSSR count). The van der Waals surface area contributed by atoms with E-state index >= 15 is 0 Å². The van der Waals surface area contributed by atoms with Crippen LogP contribution in [0.5, 0.6) is 5.75 Å². The van der Waals surface area contributed by atoms with Crippen LogP contribution in [0, 0.1) is 6.92 Å². The zero-order valence-electron chi connectivity index (χ0n) is 11.4. The highest BCUT2D eigenvalue weighted by molar-refractivity contribution is 6.32. The largest absolute Gasteiger partial charge is 0.495 e. The lowest BCUT2D eigenvalue weighted by molar-refractivity contribution is 0.0951. The zero-order valence-corrected chi connectivity index (χ0v) is 12.2. The molecule has 0 heterocycles. The molecule has 0 unspecified atom stereocenters. The summed E-state index contributed by atoms with van der Waals surface area (Å²) in [6.07, 6.45) is 0. The van der Waals surface area contributed by atoms with E-state index in [2.05, 4.69) is 5.32 Å². The first-order valence-electron chi connectivity index (χ1n) is 6.27. The molecule has 0 saturated carbocycles. The lowest BCUT2D eigenvalue weighted by Crippen LogP contribution is -2.22.